The molecule has 0 atom stereocenters. The van der Waals surface area contributed by atoms with Gasteiger partial charge in [-0.3, -0.25) is 9.78 Å². The fourth-order valence-electron chi connectivity index (χ4n) is 3.43. The first-order chi connectivity index (χ1) is 13.8. The van der Waals surface area contributed by atoms with E-state index in [1.165, 1.54) is 18.4 Å². The number of fused-ring (bicyclic) bond motifs is 1. The van der Waals surface area contributed by atoms with E-state index in [9.17, 15) is 4.79 Å². The largest absolute Gasteiger partial charge is 0.350 e. The molecule has 0 fully saturated rings. The van der Waals surface area contributed by atoms with Crippen LogP contribution in [0.4, 0.5) is 11.6 Å². The van der Waals surface area contributed by atoms with Gasteiger partial charge in [-0.2, -0.15) is 0 Å². The van der Waals surface area contributed by atoms with Crippen LogP contribution in [0.15, 0.2) is 60.4 Å². The number of anilines is 2. The molecule has 28 heavy (non-hydrogen) atoms. The third kappa shape index (κ3) is 4.34. The van der Waals surface area contributed by atoms with Gasteiger partial charge in [0.2, 0.25) is 5.95 Å². The number of carbonyl (C=O) groups excluding carboxylic acids is 1. The average molecular weight is 373 g/mol. The molecule has 4 rings (SSSR count). The minimum Gasteiger partial charge on any atom is -0.350 e. The molecule has 0 saturated heterocycles. The third-order valence-electron chi connectivity index (χ3n) is 4.88. The fourth-order valence-corrected chi connectivity index (χ4v) is 3.43. The molecule has 0 spiro atoms. The summed E-state index contributed by atoms with van der Waals surface area (Å²) in [4.78, 5) is 25.5. The number of allylic oxidation sites excluding steroid dienone is 1. The molecular formula is C22H23N5O. The first-order valence-electron chi connectivity index (χ1n) is 9.69. The number of carbonyl (C=O) groups is 1. The Morgan fingerprint density at radius 3 is 2.86 bits per heavy atom. The van der Waals surface area contributed by atoms with Crippen molar-refractivity contribution in [3.8, 4) is 0 Å². The summed E-state index contributed by atoms with van der Waals surface area (Å²) in [6, 6.07) is 11.4. The van der Waals surface area contributed by atoms with E-state index < -0.39 is 0 Å². The van der Waals surface area contributed by atoms with Crippen molar-refractivity contribution >= 4 is 28.4 Å². The monoisotopic (exact) mass is 373 g/mol. The molecule has 2 heterocycles. The second-order valence-electron chi connectivity index (χ2n) is 6.89. The first kappa shape index (κ1) is 18.1. The maximum absolute atomic E-state index is 12.4. The van der Waals surface area contributed by atoms with E-state index in [2.05, 4.69) is 31.7 Å². The molecule has 3 aromatic rings. The number of aromatic nitrogens is 3. The molecule has 2 N–H and O–H groups in total. The van der Waals surface area contributed by atoms with E-state index in [-0.39, 0.29) is 5.91 Å². The lowest BCUT2D eigenvalue weighted by molar-refractivity contribution is 0.0949. The van der Waals surface area contributed by atoms with Gasteiger partial charge >= 0.3 is 0 Å². The summed E-state index contributed by atoms with van der Waals surface area (Å²) in [6.45, 7) is 0.630. The highest BCUT2D eigenvalue weighted by atomic mass is 16.1. The Morgan fingerprint density at radius 1 is 1.04 bits per heavy atom. The van der Waals surface area contributed by atoms with Crippen molar-refractivity contribution in [1.29, 1.82) is 0 Å². The maximum atomic E-state index is 12.4. The van der Waals surface area contributed by atoms with Crippen molar-refractivity contribution in [2.75, 3.05) is 11.9 Å². The van der Waals surface area contributed by atoms with Gasteiger partial charge in [-0.1, -0.05) is 29.8 Å². The predicted molar refractivity (Wildman–Crippen MR) is 111 cm³/mol. The number of amides is 1. The second kappa shape index (κ2) is 8.61. The van der Waals surface area contributed by atoms with Crippen LogP contribution in [0.25, 0.3) is 10.9 Å². The SMILES string of the molecule is O=C(NCCC1=CCCCC1)c1ccnc(Nc2cccc3cccnc23)n1. The van der Waals surface area contributed by atoms with Gasteiger partial charge in [-0.15, -0.1) is 0 Å². The lowest BCUT2D eigenvalue weighted by Gasteiger charge is -2.13. The predicted octanol–water partition coefficient (Wildman–Crippen LogP) is 4.39. The van der Waals surface area contributed by atoms with E-state index >= 15 is 0 Å². The van der Waals surface area contributed by atoms with Crippen LogP contribution in [0.5, 0.6) is 0 Å². The summed E-state index contributed by atoms with van der Waals surface area (Å²) in [6.07, 6.45) is 11.4. The number of nitrogens with one attached hydrogen (secondary N) is 2. The second-order valence-corrected chi connectivity index (χ2v) is 6.89. The lowest BCUT2D eigenvalue weighted by Crippen LogP contribution is -2.26. The molecule has 1 amide bonds. The number of pyridine rings is 1. The molecule has 142 valence electrons. The lowest BCUT2D eigenvalue weighted by atomic mass is 9.97. The number of hydrogen-bond acceptors (Lipinski definition) is 5. The Hall–Kier alpha value is -3.28. The molecule has 0 radical (unpaired) electrons. The Labute approximate surface area is 164 Å². The van der Waals surface area contributed by atoms with E-state index in [1.807, 2.05) is 30.3 Å². The molecule has 0 unspecified atom stereocenters. The molecule has 1 aliphatic rings. The summed E-state index contributed by atoms with van der Waals surface area (Å²) in [5.74, 6) is 0.193. The van der Waals surface area contributed by atoms with E-state index in [4.69, 9.17) is 0 Å². The minimum atomic E-state index is -0.182. The number of hydrogen-bond donors (Lipinski definition) is 2. The number of para-hydroxylation sites is 1. The summed E-state index contributed by atoms with van der Waals surface area (Å²) in [7, 11) is 0. The molecule has 2 aromatic heterocycles. The van der Waals surface area contributed by atoms with Crippen LogP contribution >= 0.6 is 0 Å². The van der Waals surface area contributed by atoms with Crippen LogP contribution in [0.1, 0.15) is 42.6 Å². The van der Waals surface area contributed by atoms with Gasteiger partial charge in [0.15, 0.2) is 0 Å². The zero-order valence-electron chi connectivity index (χ0n) is 15.7. The first-order valence-corrected chi connectivity index (χ1v) is 9.69. The van der Waals surface area contributed by atoms with E-state index in [0.717, 1.165) is 35.9 Å². The third-order valence-corrected chi connectivity index (χ3v) is 4.88. The maximum Gasteiger partial charge on any atom is 0.270 e. The highest BCUT2D eigenvalue weighted by Gasteiger charge is 2.11. The Bertz CT molecular complexity index is 1010. The molecular weight excluding hydrogens is 350 g/mol. The standard InChI is InChI=1S/C22H23N5O/c28-21(24-14-11-16-6-2-1-3-7-16)19-12-15-25-22(27-19)26-18-10-4-8-17-9-5-13-23-20(17)18/h4-6,8-10,12-13,15H,1-3,7,11,14H2,(H,24,28)(H,25,26,27). The summed E-state index contributed by atoms with van der Waals surface area (Å²) in [5, 5.41) is 7.16. The minimum absolute atomic E-state index is 0.182. The van der Waals surface area contributed by atoms with Crippen molar-refractivity contribution in [3.63, 3.8) is 0 Å². The van der Waals surface area contributed by atoms with Crippen molar-refractivity contribution < 1.29 is 4.79 Å². The number of nitrogens with zero attached hydrogens (tertiary/aromatic N) is 3. The molecule has 0 bridgehead atoms. The Balaban J connectivity index is 1.42. The zero-order valence-corrected chi connectivity index (χ0v) is 15.7. The quantitative estimate of drug-likeness (QED) is 0.627. The van der Waals surface area contributed by atoms with E-state index in [0.29, 0.717) is 18.2 Å². The van der Waals surface area contributed by atoms with Crippen molar-refractivity contribution in [2.45, 2.75) is 32.1 Å². The van der Waals surface area contributed by atoms with Crippen LogP contribution in [-0.2, 0) is 0 Å². The smallest absolute Gasteiger partial charge is 0.270 e. The number of benzene rings is 1. The molecule has 0 saturated carbocycles. The topological polar surface area (TPSA) is 79.8 Å². The van der Waals surface area contributed by atoms with Crippen LogP contribution in [-0.4, -0.2) is 27.4 Å². The van der Waals surface area contributed by atoms with Crippen molar-refractivity contribution in [3.05, 3.63) is 66.1 Å². The highest BCUT2D eigenvalue weighted by Crippen LogP contribution is 2.23. The Morgan fingerprint density at radius 2 is 1.96 bits per heavy atom. The fraction of sp³-hybridized carbons (Fsp3) is 0.273. The summed E-state index contributed by atoms with van der Waals surface area (Å²) >= 11 is 0. The van der Waals surface area contributed by atoms with Gasteiger partial charge in [-0.25, -0.2) is 9.97 Å². The highest BCUT2D eigenvalue weighted by molar-refractivity contribution is 5.93. The van der Waals surface area contributed by atoms with Crippen LogP contribution < -0.4 is 10.6 Å². The van der Waals surface area contributed by atoms with Gasteiger partial charge in [0.1, 0.15) is 5.69 Å². The molecule has 6 nitrogen and oxygen atoms in total. The van der Waals surface area contributed by atoms with Gasteiger partial charge in [0.05, 0.1) is 11.2 Å². The van der Waals surface area contributed by atoms with Gasteiger partial charge in [-0.05, 0) is 50.3 Å². The Kier molecular flexibility index (Phi) is 5.56. The van der Waals surface area contributed by atoms with Gasteiger partial charge in [0.25, 0.3) is 5.91 Å². The summed E-state index contributed by atoms with van der Waals surface area (Å²) < 4.78 is 0. The van der Waals surface area contributed by atoms with Crippen LogP contribution in [0, 0.1) is 0 Å². The van der Waals surface area contributed by atoms with Crippen LogP contribution in [0.2, 0.25) is 0 Å². The zero-order chi connectivity index (χ0) is 19.2. The molecule has 1 aromatic carbocycles. The van der Waals surface area contributed by atoms with Gasteiger partial charge in [0, 0.05) is 24.3 Å². The van der Waals surface area contributed by atoms with Gasteiger partial charge < -0.3 is 10.6 Å². The van der Waals surface area contributed by atoms with Crippen LogP contribution in [0.3, 0.4) is 0 Å². The van der Waals surface area contributed by atoms with Crippen molar-refractivity contribution in [2.24, 2.45) is 0 Å². The normalized spacial score (nSPS) is 13.8. The molecule has 1 aliphatic carbocycles. The average Bonchev–Trinajstić information content (AvgIpc) is 2.75. The number of rotatable bonds is 6. The molecule has 0 aliphatic heterocycles. The van der Waals surface area contributed by atoms with Crippen molar-refractivity contribution in [1.82, 2.24) is 20.3 Å². The van der Waals surface area contributed by atoms with E-state index in [1.54, 1.807) is 18.5 Å². The summed E-state index contributed by atoms with van der Waals surface area (Å²) in [5.41, 5.74) is 3.44. The molecule has 6 heteroatoms.